The van der Waals surface area contributed by atoms with Crippen molar-refractivity contribution in [2.75, 3.05) is 5.32 Å². The molecule has 1 saturated carbocycles. The van der Waals surface area contributed by atoms with Gasteiger partial charge in [0.1, 0.15) is 5.82 Å². The number of nitrogens with zero attached hydrogens (tertiary/aromatic N) is 1. The number of benzene rings is 1. The summed E-state index contributed by atoms with van der Waals surface area (Å²) in [6, 6.07) is 14.5. The first kappa shape index (κ1) is 15.5. The molecule has 0 spiro atoms. The van der Waals surface area contributed by atoms with Crippen LogP contribution in [-0.2, 0) is 0 Å². The molecule has 2 aromatic rings. The highest BCUT2D eigenvalue weighted by Crippen LogP contribution is 2.32. The maximum absolute atomic E-state index is 12.1. The highest BCUT2D eigenvalue weighted by molar-refractivity contribution is 5.88. The van der Waals surface area contributed by atoms with E-state index in [-0.39, 0.29) is 12.1 Å². The fourth-order valence-corrected chi connectivity index (χ4v) is 3.18. The van der Waals surface area contributed by atoms with Gasteiger partial charge in [0.15, 0.2) is 0 Å². The molecule has 1 fully saturated rings. The van der Waals surface area contributed by atoms with Crippen LogP contribution in [0.4, 0.5) is 10.6 Å². The zero-order valence-corrected chi connectivity index (χ0v) is 13.5. The van der Waals surface area contributed by atoms with Gasteiger partial charge in [0.25, 0.3) is 0 Å². The summed E-state index contributed by atoms with van der Waals surface area (Å²) in [5, 5.41) is 5.86. The lowest BCUT2D eigenvalue weighted by Crippen LogP contribution is -2.40. The average molecular weight is 309 g/mol. The SMILES string of the molecule is Cc1ccc(NC(=O)NC2CCC(c3ccccc3)CC2)nc1. The molecule has 1 aliphatic carbocycles. The smallest absolute Gasteiger partial charge is 0.320 e. The number of hydrogen-bond donors (Lipinski definition) is 2. The molecule has 0 saturated heterocycles. The molecule has 2 N–H and O–H groups in total. The first-order chi connectivity index (χ1) is 11.2. The van der Waals surface area contributed by atoms with E-state index in [9.17, 15) is 4.79 Å². The van der Waals surface area contributed by atoms with Gasteiger partial charge in [0.2, 0.25) is 0 Å². The van der Waals surface area contributed by atoms with Crippen LogP contribution in [0.1, 0.15) is 42.7 Å². The molecule has 1 aromatic heterocycles. The minimum absolute atomic E-state index is 0.162. The van der Waals surface area contributed by atoms with E-state index in [1.807, 2.05) is 19.1 Å². The normalized spacial score (nSPS) is 20.7. The Morgan fingerprint density at radius 2 is 1.78 bits per heavy atom. The highest BCUT2D eigenvalue weighted by Gasteiger charge is 2.23. The van der Waals surface area contributed by atoms with E-state index >= 15 is 0 Å². The summed E-state index contributed by atoms with van der Waals surface area (Å²) in [6.45, 7) is 1.97. The van der Waals surface area contributed by atoms with Gasteiger partial charge in [0.05, 0.1) is 0 Å². The maximum Gasteiger partial charge on any atom is 0.320 e. The molecular weight excluding hydrogens is 286 g/mol. The topological polar surface area (TPSA) is 54.0 Å². The van der Waals surface area contributed by atoms with Gasteiger partial charge in [-0.2, -0.15) is 0 Å². The second-order valence-corrected chi connectivity index (χ2v) is 6.28. The summed E-state index contributed by atoms with van der Waals surface area (Å²) in [4.78, 5) is 16.2. The lowest BCUT2D eigenvalue weighted by Gasteiger charge is -2.29. The lowest BCUT2D eigenvalue weighted by atomic mass is 9.82. The Bertz CT molecular complexity index is 631. The van der Waals surface area contributed by atoms with E-state index in [2.05, 4.69) is 45.9 Å². The molecular formula is C19H23N3O. The van der Waals surface area contributed by atoms with E-state index in [0.29, 0.717) is 11.7 Å². The van der Waals surface area contributed by atoms with Crippen LogP contribution < -0.4 is 10.6 Å². The Morgan fingerprint density at radius 3 is 2.43 bits per heavy atom. The second kappa shape index (κ2) is 7.27. The molecule has 0 bridgehead atoms. The quantitative estimate of drug-likeness (QED) is 0.891. The van der Waals surface area contributed by atoms with Crippen LogP contribution >= 0.6 is 0 Å². The average Bonchev–Trinajstić information content (AvgIpc) is 2.58. The number of aryl methyl sites for hydroxylation is 1. The number of carbonyl (C=O) groups excluding carboxylic acids is 1. The zero-order chi connectivity index (χ0) is 16.1. The van der Waals surface area contributed by atoms with Gasteiger partial charge < -0.3 is 5.32 Å². The molecule has 1 aromatic carbocycles. The predicted molar refractivity (Wildman–Crippen MR) is 92.6 cm³/mol. The predicted octanol–water partition coefficient (Wildman–Crippen LogP) is 4.24. The third kappa shape index (κ3) is 4.31. The van der Waals surface area contributed by atoms with E-state index in [1.54, 1.807) is 6.20 Å². The summed E-state index contributed by atoms with van der Waals surface area (Å²) in [5.74, 6) is 1.21. The zero-order valence-electron chi connectivity index (χ0n) is 13.5. The van der Waals surface area contributed by atoms with Crippen molar-refractivity contribution in [3.05, 3.63) is 59.8 Å². The van der Waals surface area contributed by atoms with Crippen molar-refractivity contribution in [1.29, 1.82) is 0 Å². The van der Waals surface area contributed by atoms with Gasteiger partial charge in [-0.25, -0.2) is 9.78 Å². The molecule has 2 amide bonds. The summed E-state index contributed by atoms with van der Waals surface area (Å²) in [5.41, 5.74) is 2.49. The van der Waals surface area contributed by atoms with Crippen LogP contribution in [0, 0.1) is 6.92 Å². The number of nitrogens with one attached hydrogen (secondary N) is 2. The Hall–Kier alpha value is -2.36. The third-order valence-corrected chi connectivity index (χ3v) is 4.49. The van der Waals surface area contributed by atoms with Gasteiger partial charge in [-0.3, -0.25) is 5.32 Å². The molecule has 120 valence electrons. The van der Waals surface area contributed by atoms with Crippen molar-refractivity contribution in [2.24, 2.45) is 0 Å². The fourth-order valence-electron chi connectivity index (χ4n) is 3.18. The van der Waals surface area contributed by atoms with Crippen LogP contribution in [0.25, 0.3) is 0 Å². The largest absolute Gasteiger partial charge is 0.335 e. The molecule has 3 rings (SSSR count). The Balaban J connectivity index is 1.47. The van der Waals surface area contributed by atoms with Gasteiger partial charge in [0, 0.05) is 12.2 Å². The molecule has 4 heteroatoms. The molecule has 0 unspecified atom stereocenters. The van der Waals surface area contributed by atoms with Gasteiger partial charge in [-0.1, -0.05) is 36.4 Å². The van der Waals surface area contributed by atoms with Crippen molar-refractivity contribution < 1.29 is 4.79 Å². The van der Waals surface area contributed by atoms with Crippen LogP contribution in [0.15, 0.2) is 48.7 Å². The van der Waals surface area contributed by atoms with Crippen molar-refractivity contribution in [2.45, 2.75) is 44.6 Å². The van der Waals surface area contributed by atoms with E-state index in [4.69, 9.17) is 0 Å². The van der Waals surface area contributed by atoms with Crippen LogP contribution in [0.2, 0.25) is 0 Å². The monoisotopic (exact) mass is 309 g/mol. The van der Waals surface area contributed by atoms with Crippen molar-refractivity contribution in [3.8, 4) is 0 Å². The second-order valence-electron chi connectivity index (χ2n) is 6.28. The van der Waals surface area contributed by atoms with Crippen LogP contribution in [0.3, 0.4) is 0 Å². The molecule has 0 atom stereocenters. The van der Waals surface area contributed by atoms with Crippen LogP contribution in [0.5, 0.6) is 0 Å². The lowest BCUT2D eigenvalue weighted by molar-refractivity contribution is 0.242. The van der Waals surface area contributed by atoms with Crippen molar-refractivity contribution >= 4 is 11.8 Å². The molecule has 0 radical (unpaired) electrons. The minimum Gasteiger partial charge on any atom is -0.335 e. The summed E-state index contributed by atoms with van der Waals surface area (Å²) in [7, 11) is 0. The number of carbonyl (C=O) groups is 1. The van der Waals surface area contributed by atoms with Gasteiger partial charge >= 0.3 is 6.03 Å². The number of pyridine rings is 1. The Morgan fingerprint density at radius 1 is 1.04 bits per heavy atom. The number of hydrogen-bond acceptors (Lipinski definition) is 2. The third-order valence-electron chi connectivity index (χ3n) is 4.49. The number of rotatable bonds is 3. The minimum atomic E-state index is -0.162. The molecule has 4 nitrogen and oxygen atoms in total. The van der Waals surface area contributed by atoms with E-state index in [0.717, 1.165) is 31.2 Å². The standard InChI is InChI=1S/C19H23N3O/c1-14-7-12-18(20-13-14)22-19(23)21-17-10-8-16(9-11-17)15-5-3-2-4-6-15/h2-7,12-13,16-17H,8-11H2,1H3,(H2,20,21,22,23). The van der Waals surface area contributed by atoms with E-state index in [1.165, 1.54) is 5.56 Å². The number of amides is 2. The molecule has 23 heavy (non-hydrogen) atoms. The van der Waals surface area contributed by atoms with Crippen molar-refractivity contribution in [3.63, 3.8) is 0 Å². The molecule has 0 aliphatic heterocycles. The summed E-state index contributed by atoms with van der Waals surface area (Å²) in [6.07, 6.45) is 6.04. The Labute approximate surface area is 137 Å². The maximum atomic E-state index is 12.1. The summed E-state index contributed by atoms with van der Waals surface area (Å²) >= 11 is 0. The number of urea groups is 1. The highest BCUT2D eigenvalue weighted by atomic mass is 16.2. The Kier molecular flexibility index (Phi) is 4.91. The van der Waals surface area contributed by atoms with Gasteiger partial charge in [-0.15, -0.1) is 0 Å². The fraction of sp³-hybridized carbons (Fsp3) is 0.368. The molecule has 1 aliphatic rings. The number of anilines is 1. The van der Waals surface area contributed by atoms with E-state index < -0.39 is 0 Å². The number of aromatic nitrogens is 1. The van der Waals surface area contributed by atoms with Crippen molar-refractivity contribution in [1.82, 2.24) is 10.3 Å². The summed E-state index contributed by atoms with van der Waals surface area (Å²) < 4.78 is 0. The first-order valence-electron chi connectivity index (χ1n) is 8.26. The molecule has 1 heterocycles. The van der Waals surface area contributed by atoms with Gasteiger partial charge in [-0.05, 0) is 55.7 Å². The first-order valence-corrected chi connectivity index (χ1v) is 8.26. The van der Waals surface area contributed by atoms with Crippen LogP contribution in [-0.4, -0.2) is 17.1 Å².